The van der Waals surface area contributed by atoms with Crippen LogP contribution in [0, 0.1) is 0 Å². The molecular formula is C23H20N6O4. The van der Waals surface area contributed by atoms with Crippen molar-refractivity contribution in [2.75, 3.05) is 0 Å². The van der Waals surface area contributed by atoms with Gasteiger partial charge >= 0.3 is 5.69 Å². The van der Waals surface area contributed by atoms with Gasteiger partial charge < -0.3 is 5.11 Å². The maximum absolute atomic E-state index is 13.6. The minimum atomic E-state index is -0.640. The number of hydrogen-bond donors (Lipinski definition) is 1. The van der Waals surface area contributed by atoms with Gasteiger partial charge in [0.15, 0.2) is 11.2 Å². The van der Waals surface area contributed by atoms with E-state index in [-0.39, 0.29) is 41.4 Å². The van der Waals surface area contributed by atoms with Crippen molar-refractivity contribution >= 4 is 16.9 Å². The van der Waals surface area contributed by atoms with Crippen LogP contribution in [0.25, 0.3) is 16.9 Å². The molecule has 0 atom stereocenters. The molecule has 166 valence electrons. The van der Waals surface area contributed by atoms with Crippen LogP contribution in [0.2, 0.25) is 0 Å². The molecule has 33 heavy (non-hydrogen) atoms. The van der Waals surface area contributed by atoms with E-state index in [0.717, 1.165) is 10.1 Å². The summed E-state index contributed by atoms with van der Waals surface area (Å²) in [4.78, 5) is 47.8. The van der Waals surface area contributed by atoms with Crippen LogP contribution in [0.1, 0.15) is 16.8 Å². The largest absolute Gasteiger partial charge is 0.494 e. The quantitative estimate of drug-likeness (QED) is 0.438. The van der Waals surface area contributed by atoms with Gasteiger partial charge in [-0.15, -0.1) is 0 Å². The Morgan fingerprint density at radius 2 is 1.64 bits per heavy atom. The molecule has 0 aliphatic heterocycles. The molecule has 0 bridgehead atoms. The molecule has 1 aromatic carbocycles. The Hall–Kier alpha value is -4.47. The minimum Gasteiger partial charge on any atom is -0.494 e. The lowest BCUT2D eigenvalue weighted by Crippen LogP contribution is -2.38. The lowest BCUT2D eigenvalue weighted by atomic mass is 10.1. The summed E-state index contributed by atoms with van der Waals surface area (Å²) in [6.45, 7) is 0.107. The highest BCUT2D eigenvalue weighted by atomic mass is 16.3. The second kappa shape index (κ2) is 7.59. The summed E-state index contributed by atoms with van der Waals surface area (Å²) in [6, 6.07) is 14.6. The molecule has 0 fully saturated rings. The zero-order valence-electron chi connectivity index (χ0n) is 18.0. The van der Waals surface area contributed by atoms with Crippen LogP contribution in [0.15, 0.2) is 69.1 Å². The third-order valence-corrected chi connectivity index (χ3v) is 5.74. The standard InChI is InChI=1S/C23H20N6O4/c1-26-18-17(21(32)27(2)23(26)33)29-20(31)16(12-14-8-4-3-5-9-14)19(30)28(22(29)25-18)13-15-10-6-7-11-24-15/h3-11,30H,12-13H2,1-2H3. The van der Waals surface area contributed by atoms with Crippen molar-refractivity contribution in [1.29, 1.82) is 0 Å². The van der Waals surface area contributed by atoms with E-state index in [0.29, 0.717) is 5.69 Å². The predicted molar refractivity (Wildman–Crippen MR) is 122 cm³/mol. The Labute approximate surface area is 186 Å². The van der Waals surface area contributed by atoms with Crippen molar-refractivity contribution in [1.82, 2.24) is 28.1 Å². The number of pyridine rings is 1. The van der Waals surface area contributed by atoms with E-state index in [2.05, 4.69) is 9.97 Å². The van der Waals surface area contributed by atoms with Crippen LogP contribution >= 0.6 is 0 Å². The molecule has 0 unspecified atom stereocenters. The highest BCUT2D eigenvalue weighted by molar-refractivity contribution is 5.75. The van der Waals surface area contributed by atoms with E-state index >= 15 is 0 Å². The zero-order chi connectivity index (χ0) is 23.3. The first-order valence-electron chi connectivity index (χ1n) is 10.2. The molecule has 1 N–H and O–H groups in total. The van der Waals surface area contributed by atoms with Crippen LogP contribution in [0.5, 0.6) is 5.88 Å². The molecule has 0 radical (unpaired) electrons. The molecule has 0 saturated carbocycles. The van der Waals surface area contributed by atoms with E-state index in [9.17, 15) is 19.5 Å². The van der Waals surface area contributed by atoms with Gasteiger partial charge in [-0.3, -0.25) is 28.3 Å². The Morgan fingerprint density at radius 3 is 2.33 bits per heavy atom. The van der Waals surface area contributed by atoms with Crippen molar-refractivity contribution in [3.05, 3.63) is 103 Å². The maximum Gasteiger partial charge on any atom is 0.332 e. The van der Waals surface area contributed by atoms with E-state index in [1.54, 1.807) is 18.3 Å². The average Bonchev–Trinajstić information content (AvgIpc) is 3.24. The summed E-state index contributed by atoms with van der Waals surface area (Å²) in [7, 11) is 2.83. The number of aryl methyl sites for hydroxylation is 1. The fraction of sp³-hybridized carbons (Fsp3) is 0.174. The van der Waals surface area contributed by atoms with Crippen LogP contribution in [0.3, 0.4) is 0 Å². The van der Waals surface area contributed by atoms with Crippen molar-refractivity contribution in [2.24, 2.45) is 14.1 Å². The van der Waals surface area contributed by atoms with Crippen molar-refractivity contribution in [2.45, 2.75) is 13.0 Å². The molecular weight excluding hydrogens is 424 g/mol. The van der Waals surface area contributed by atoms with Crippen molar-refractivity contribution in [3.63, 3.8) is 0 Å². The number of fused-ring (bicyclic) bond motifs is 3. The molecule has 0 spiro atoms. The Bertz CT molecular complexity index is 1700. The summed E-state index contributed by atoms with van der Waals surface area (Å²) >= 11 is 0. The normalized spacial score (nSPS) is 11.5. The van der Waals surface area contributed by atoms with E-state index in [4.69, 9.17) is 0 Å². The number of benzene rings is 1. The Morgan fingerprint density at radius 1 is 0.909 bits per heavy atom. The third kappa shape index (κ3) is 3.15. The first-order chi connectivity index (χ1) is 15.9. The van der Waals surface area contributed by atoms with Gasteiger partial charge in [0.2, 0.25) is 11.7 Å². The number of aromatic hydroxyl groups is 1. The van der Waals surface area contributed by atoms with Crippen LogP contribution in [-0.4, -0.2) is 33.2 Å². The summed E-state index contributed by atoms with van der Waals surface area (Å²) in [5, 5.41) is 11.2. The van der Waals surface area contributed by atoms with Gasteiger partial charge in [-0.05, 0) is 17.7 Å². The molecule has 4 heterocycles. The SMILES string of the molecule is Cn1c(=O)c2c(nc3n(Cc4ccccn4)c(O)c(Cc4ccccc4)c(=O)n23)n(C)c1=O. The third-order valence-electron chi connectivity index (χ3n) is 5.74. The van der Waals surface area contributed by atoms with Gasteiger partial charge in [-0.25, -0.2) is 9.20 Å². The number of nitrogens with zero attached hydrogens (tertiary/aromatic N) is 6. The molecule has 10 heteroatoms. The topological polar surface area (TPSA) is 116 Å². The van der Waals surface area contributed by atoms with Gasteiger partial charge in [0.1, 0.15) is 0 Å². The van der Waals surface area contributed by atoms with Crippen LogP contribution in [-0.2, 0) is 27.1 Å². The van der Waals surface area contributed by atoms with Crippen LogP contribution < -0.4 is 16.8 Å². The van der Waals surface area contributed by atoms with E-state index < -0.39 is 16.8 Å². The van der Waals surface area contributed by atoms with Gasteiger partial charge in [0, 0.05) is 26.7 Å². The van der Waals surface area contributed by atoms with Gasteiger partial charge in [0.05, 0.1) is 17.8 Å². The van der Waals surface area contributed by atoms with Crippen molar-refractivity contribution in [3.8, 4) is 5.88 Å². The lowest BCUT2D eigenvalue weighted by Gasteiger charge is -2.14. The molecule has 0 aliphatic rings. The summed E-state index contributed by atoms with van der Waals surface area (Å²) in [5.41, 5.74) is -0.181. The summed E-state index contributed by atoms with van der Waals surface area (Å²) in [6.07, 6.45) is 1.77. The number of hydrogen-bond acceptors (Lipinski definition) is 6. The molecule has 5 aromatic rings. The zero-order valence-corrected chi connectivity index (χ0v) is 18.0. The Balaban J connectivity index is 1.92. The van der Waals surface area contributed by atoms with Gasteiger partial charge in [-0.1, -0.05) is 36.4 Å². The predicted octanol–water partition coefficient (Wildman–Crippen LogP) is 0.786. The first kappa shape index (κ1) is 20.4. The van der Waals surface area contributed by atoms with Crippen molar-refractivity contribution < 1.29 is 5.11 Å². The first-order valence-corrected chi connectivity index (χ1v) is 10.2. The second-order valence-corrected chi connectivity index (χ2v) is 7.80. The lowest BCUT2D eigenvalue weighted by molar-refractivity contribution is 0.412. The smallest absolute Gasteiger partial charge is 0.332 e. The average molecular weight is 444 g/mol. The fourth-order valence-corrected chi connectivity index (χ4v) is 4.00. The molecule has 10 nitrogen and oxygen atoms in total. The molecule has 4 aromatic heterocycles. The van der Waals surface area contributed by atoms with Gasteiger partial charge in [0.25, 0.3) is 11.1 Å². The fourth-order valence-electron chi connectivity index (χ4n) is 4.00. The summed E-state index contributed by atoms with van der Waals surface area (Å²) in [5.74, 6) is -0.215. The minimum absolute atomic E-state index is 0.0244. The molecule has 5 rings (SSSR count). The molecule has 0 saturated heterocycles. The van der Waals surface area contributed by atoms with Gasteiger partial charge in [-0.2, -0.15) is 4.98 Å². The number of aromatic nitrogens is 6. The van der Waals surface area contributed by atoms with E-state index in [1.807, 2.05) is 36.4 Å². The summed E-state index contributed by atoms with van der Waals surface area (Å²) < 4.78 is 4.76. The monoisotopic (exact) mass is 444 g/mol. The highest BCUT2D eigenvalue weighted by Crippen LogP contribution is 2.23. The second-order valence-electron chi connectivity index (χ2n) is 7.80. The number of rotatable bonds is 4. The van der Waals surface area contributed by atoms with Crippen LogP contribution in [0.4, 0.5) is 0 Å². The maximum atomic E-state index is 13.6. The Kier molecular flexibility index (Phi) is 4.70. The highest BCUT2D eigenvalue weighted by Gasteiger charge is 2.24. The molecule has 0 amide bonds. The number of imidazole rings is 1. The van der Waals surface area contributed by atoms with E-state index in [1.165, 1.54) is 27.6 Å². The molecule has 0 aliphatic carbocycles.